The molecule has 0 aromatic carbocycles. The number of hydrogen-bond donors (Lipinski definition) is 0. The van der Waals surface area contributed by atoms with Gasteiger partial charge in [0.25, 0.3) is 0 Å². The molecule has 25 heavy (non-hydrogen) atoms. The molecule has 0 bridgehead atoms. The lowest BCUT2D eigenvalue weighted by Gasteiger charge is -2.35. The lowest BCUT2D eigenvalue weighted by atomic mass is 10.3. The Morgan fingerprint density at radius 2 is 1.88 bits per heavy atom. The van der Waals surface area contributed by atoms with E-state index < -0.39 is 0 Å². The summed E-state index contributed by atoms with van der Waals surface area (Å²) in [4.78, 5) is 18.5. The standard InChI is InChI=1S/C17H25N7O/c1-3-21(4-2)15-6-7-16(20-19-15)22-10-12-23(13-11-22)17(25)14-24-9-5-8-18-24/h5-9H,3-4,10-14H2,1-2H3. The van der Waals surface area contributed by atoms with Crippen LogP contribution in [0.3, 0.4) is 0 Å². The van der Waals surface area contributed by atoms with Crippen LogP contribution in [-0.2, 0) is 11.3 Å². The van der Waals surface area contributed by atoms with Gasteiger partial charge in [0.2, 0.25) is 5.91 Å². The van der Waals surface area contributed by atoms with Crippen molar-refractivity contribution in [3.63, 3.8) is 0 Å². The van der Waals surface area contributed by atoms with E-state index in [4.69, 9.17) is 0 Å². The van der Waals surface area contributed by atoms with Gasteiger partial charge in [-0.1, -0.05) is 0 Å². The highest BCUT2D eigenvalue weighted by Crippen LogP contribution is 2.16. The molecule has 1 aliphatic heterocycles. The van der Waals surface area contributed by atoms with Gasteiger partial charge in [0, 0.05) is 51.7 Å². The van der Waals surface area contributed by atoms with Crippen molar-refractivity contribution >= 4 is 17.5 Å². The Labute approximate surface area is 148 Å². The van der Waals surface area contributed by atoms with Crippen molar-refractivity contribution in [1.29, 1.82) is 0 Å². The molecule has 0 saturated carbocycles. The molecule has 0 aliphatic carbocycles. The number of amides is 1. The first kappa shape index (κ1) is 17.2. The largest absolute Gasteiger partial charge is 0.356 e. The van der Waals surface area contributed by atoms with Crippen LogP contribution in [-0.4, -0.2) is 70.1 Å². The molecule has 0 atom stereocenters. The molecule has 0 N–H and O–H groups in total. The van der Waals surface area contributed by atoms with Crippen LogP contribution in [0, 0.1) is 0 Å². The van der Waals surface area contributed by atoms with Crippen LogP contribution < -0.4 is 9.80 Å². The number of carbonyl (C=O) groups is 1. The monoisotopic (exact) mass is 343 g/mol. The predicted molar refractivity (Wildman–Crippen MR) is 96.6 cm³/mol. The summed E-state index contributed by atoms with van der Waals surface area (Å²) >= 11 is 0. The smallest absolute Gasteiger partial charge is 0.244 e. The van der Waals surface area contributed by atoms with Gasteiger partial charge in [0.05, 0.1) is 0 Å². The molecule has 2 aromatic rings. The molecular weight excluding hydrogens is 318 g/mol. The number of carbonyl (C=O) groups excluding carboxylic acids is 1. The fourth-order valence-electron chi connectivity index (χ4n) is 3.02. The number of piperazine rings is 1. The number of nitrogens with zero attached hydrogens (tertiary/aromatic N) is 7. The fraction of sp³-hybridized carbons (Fsp3) is 0.529. The minimum absolute atomic E-state index is 0.103. The summed E-state index contributed by atoms with van der Waals surface area (Å²) in [6.45, 7) is 9.28. The van der Waals surface area contributed by atoms with Crippen molar-refractivity contribution in [1.82, 2.24) is 24.9 Å². The maximum absolute atomic E-state index is 12.3. The molecule has 3 heterocycles. The first-order valence-electron chi connectivity index (χ1n) is 8.80. The van der Waals surface area contributed by atoms with Gasteiger partial charge in [-0.05, 0) is 32.0 Å². The summed E-state index contributed by atoms with van der Waals surface area (Å²) in [6, 6.07) is 5.86. The Kier molecular flexibility index (Phi) is 5.47. The van der Waals surface area contributed by atoms with E-state index in [0.29, 0.717) is 19.6 Å². The third-order valence-electron chi connectivity index (χ3n) is 4.54. The normalized spacial score (nSPS) is 14.6. The van der Waals surface area contributed by atoms with E-state index in [1.165, 1.54) is 0 Å². The maximum Gasteiger partial charge on any atom is 0.244 e. The van der Waals surface area contributed by atoms with E-state index >= 15 is 0 Å². The summed E-state index contributed by atoms with van der Waals surface area (Å²) < 4.78 is 1.66. The van der Waals surface area contributed by atoms with Gasteiger partial charge >= 0.3 is 0 Å². The van der Waals surface area contributed by atoms with Crippen molar-refractivity contribution in [2.24, 2.45) is 0 Å². The van der Waals surface area contributed by atoms with Crippen LogP contribution in [0.4, 0.5) is 11.6 Å². The number of hydrogen-bond acceptors (Lipinski definition) is 6. The topological polar surface area (TPSA) is 70.4 Å². The second-order valence-electron chi connectivity index (χ2n) is 5.99. The van der Waals surface area contributed by atoms with Crippen LogP contribution in [0.1, 0.15) is 13.8 Å². The second-order valence-corrected chi connectivity index (χ2v) is 5.99. The Morgan fingerprint density at radius 3 is 2.44 bits per heavy atom. The summed E-state index contributed by atoms with van der Waals surface area (Å²) in [7, 11) is 0. The van der Waals surface area contributed by atoms with Gasteiger partial charge in [0.15, 0.2) is 11.6 Å². The molecule has 1 amide bonds. The van der Waals surface area contributed by atoms with Crippen molar-refractivity contribution in [2.75, 3.05) is 49.1 Å². The van der Waals surface area contributed by atoms with Crippen LogP contribution in [0.25, 0.3) is 0 Å². The molecule has 0 spiro atoms. The van der Waals surface area contributed by atoms with Gasteiger partial charge < -0.3 is 14.7 Å². The zero-order valence-corrected chi connectivity index (χ0v) is 14.9. The molecule has 3 rings (SSSR count). The average molecular weight is 343 g/mol. The molecule has 134 valence electrons. The number of anilines is 2. The van der Waals surface area contributed by atoms with Gasteiger partial charge in [0.1, 0.15) is 6.54 Å². The van der Waals surface area contributed by atoms with E-state index in [1.54, 1.807) is 17.1 Å². The summed E-state index contributed by atoms with van der Waals surface area (Å²) in [5.41, 5.74) is 0. The first-order chi connectivity index (χ1) is 12.2. The zero-order chi connectivity index (χ0) is 17.6. The lowest BCUT2D eigenvalue weighted by molar-refractivity contribution is -0.132. The Morgan fingerprint density at radius 1 is 1.12 bits per heavy atom. The average Bonchev–Trinajstić information content (AvgIpc) is 3.16. The molecule has 1 saturated heterocycles. The van der Waals surface area contributed by atoms with E-state index in [0.717, 1.165) is 37.8 Å². The first-order valence-corrected chi connectivity index (χ1v) is 8.80. The molecule has 0 unspecified atom stereocenters. The molecule has 8 heteroatoms. The summed E-state index contributed by atoms with van der Waals surface area (Å²) in [6.07, 6.45) is 3.49. The Hall–Kier alpha value is -2.64. The van der Waals surface area contributed by atoms with Crippen LogP contribution in [0.2, 0.25) is 0 Å². The van der Waals surface area contributed by atoms with Gasteiger partial charge in [-0.25, -0.2) is 0 Å². The third kappa shape index (κ3) is 4.07. The molecule has 1 aliphatic rings. The van der Waals surface area contributed by atoms with Gasteiger partial charge in [-0.3, -0.25) is 9.48 Å². The zero-order valence-electron chi connectivity index (χ0n) is 14.9. The van der Waals surface area contributed by atoms with E-state index in [-0.39, 0.29) is 5.91 Å². The molecular formula is C17H25N7O. The van der Waals surface area contributed by atoms with Crippen LogP contribution in [0.5, 0.6) is 0 Å². The SMILES string of the molecule is CCN(CC)c1ccc(N2CCN(C(=O)Cn3cccn3)CC2)nn1. The molecule has 8 nitrogen and oxygen atoms in total. The molecule has 0 radical (unpaired) electrons. The Bertz CT molecular complexity index is 659. The Balaban J connectivity index is 1.54. The van der Waals surface area contributed by atoms with Crippen LogP contribution in [0.15, 0.2) is 30.6 Å². The van der Waals surface area contributed by atoms with Crippen molar-refractivity contribution in [2.45, 2.75) is 20.4 Å². The highest BCUT2D eigenvalue weighted by atomic mass is 16.2. The van der Waals surface area contributed by atoms with Gasteiger partial charge in [-0.2, -0.15) is 5.10 Å². The van der Waals surface area contributed by atoms with Crippen molar-refractivity contribution in [3.8, 4) is 0 Å². The lowest BCUT2D eigenvalue weighted by Crippen LogP contribution is -2.50. The van der Waals surface area contributed by atoms with E-state index in [1.807, 2.05) is 23.1 Å². The second kappa shape index (κ2) is 7.96. The highest BCUT2D eigenvalue weighted by Gasteiger charge is 2.22. The number of aromatic nitrogens is 4. The van der Waals surface area contributed by atoms with E-state index in [2.05, 4.69) is 38.9 Å². The number of rotatable bonds is 6. The fourth-order valence-corrected chi connectivity index (χ4v) is 3.02. The minimum Gasteiger partial charge on any atom is -0.356 e. The summed E-state index contributed by atoms with van der Waals surface area (Å²) in [5.74, 6) is 1.88. The molecule has 1 fully saturated rings. The van der Waals surface area contributed by atoms with Crippen molar-refractivity contribution in [3.05, 3.63) is 30.6 Å². The van der Waals surface area contributed by atoms with E-state index in [9.17, 15) is 4.79 Å². The minimum atomic E-state index is 0.103. The highest BCUT2D eigenvalue weighted by molar-refractivity contribution is 5.76. The molecule has 2 aromatic heterocycles. The van der Waals surface area contributed by atoms with Gasteiger partial charge in [-0.15, -0.1) is 10.2 Å². The maximum atomic E-state index is 12.3. The summed E-state index contributed by atoms with van der Waals surface area (Å²) in [5, 5.41) is 12.8. The quantitative estimate of drug-likeness (QED) is 0.775. The van der Waals surface area contributed by atoms with Crippen LogP contribution >= 0.6 is 0 Å². The predicted octanol–water partition coefficient (Wildman–Crippen LogP) is 0.868. The van der Waals surface area contributed by atoms with Crippen molar-refractivity contribution < 1.29 is 4.79 Å². The third-order valence-corrected chi connectivity index (χ3v) is 4.54.